The lowest BCUT2D eigenvalue weighted by atomic mass is 10.2. The molecular formula is C16H16FN3O4. The number of rotatable bonds is 5. The van der Waals surface area contributed by atoms with Gasteiger partial charge in [-0.25, -0.2) is 4.39 Å². The van der Waals surface area contributed by atoms with Gasteiger partial charge in [-0.05, 0) is 32.0 Å². The molecule has 2 aromatic rings. The van der Waals surface area contributed by atoms with Crippen LogP contribution < -0.4 is 15.6 Å². The maximum atomic E-state index is 13.5. The van der Waals surface area contributed by atoms with Gasteiger partial charge in [-0.15, -0.1) is 0 Å². The van der Waals surface area contributed by atoms with E-state index in [4.69, 9.17) is 4.74 Å². The van der Waals surface area contributed by atoms with E-state index in [1.54, 1.807) is 6.07 Å². The summed E-state index contributed by atoms with van der Waals surface area (Å²) < 4.78 is 18.6. The van der Waals surface area contributed by atoms with Gasteiger partial charge in [0.25, 0.3) is 11.8 Å². The van der Waals surface area contributed by atoms with Gasteiger partial charge >= 0.3 is 0 Å². The summed E-state index contributed by atoms with van der Waals surface area (Å²) in [5, 5.41) is 0. The number of ether oxygens (including phenoxy) is 1. The topological polar surface area (TPSA) is 100 Å². The zero-order chi connectivity index (χ0) is 17.7. The summed E-state index contributed by atoms with van der Waals surface area (Å²) >= 11 is 0. The van der Waals surface area contributed by atoms with Crippen molar-refractivity contribution in [1.82, 2.24) is 15.8 Å². The van der Waals surface area contributed by atoms with Gasteiger partial charge in [0.1, 0.15) is 5.69 Å². The van der Waals surface area contributed by atoms with Crippen LogP contribution in [0.4, 0.5) is 4.39 Å². The molecule has 0 aliphatic rings. The monoisotopic (exact) mass is 333 g/mol. The molecule has 8 heteroatoms. The smallest absolute Gasteiger partial charge is 0.286 e. The number of nitrogens with one attached hydrogen (secondary N) is 3. The second-order valence-corrected chi connectivity index (χ2v) is 4.99. The van der Waals surface area contributed by atoms with Gasteiger partial charge in [0.2, 0.25) is 0 Å². The predicted octanol–water partition coefficient (Wildman–Crippen LogP) is 1.58. The summed E-state index contributed by atoms with van der Waals surface area (Å²) in [6.07, 6.45) is 0.363. The molecule has 0 bridgehead atoms. The van der Waals surface area contributed by atoms with Gasteiger partial charge in [-0.1, -0.05) is 12.1 Å². The summed E-state index contributed by atoms with van der Waals surface area (Å²) in [5.41, 5.74) is 4.81. The number of hydrogen-bond donors (Lipinski definition) is 3. The quantitative estimate of drug-likeness (QED) is 0.571. The number of aromatic nitrogens is 1. The highest BCUT2D eigenvalue weighted by Gasteiger charge is 2.18. The van der Waals surface area contributed by atoms with Crippen molar-refractivity contribution in [2.75, 3.05) is 0 Å². The number of aromatic amines is 1. The van der Waals surface area contributed by atoms with Gasteiger partial charge in [-0.3, -0.25) is 25.2 Å². The molecular weight excluding hydrogens is 317 g/mol. The van der Waals surface area contributed by atoms with E-state index in [0.29, 0.717) is 5.56 Å². The van der Waals surface area contributed by atoms with E-state index in [1.165, 1.54) is 44.3 Å². The third kappa shape index (κ3) is 4.19. The largest absolute Gasteiger partial charge is 0.478 e. The first-order chi connectivity index (χ1) is 11.4. The number of benzene rings is 1. The van der Waals surface area contributed by atoms with E-state index in [-0.39, 0.29) is 17.2 Å². The standard InChI is InChI=1S/C16H16FN3O4/c1-9(21)11-7-13(18-8-11)16(23)20-19-15(22)10(2)24-14-6-4-3-5-12(14)17/h3-8,10,18H,1-2H3,(H,19,22)(H,20,23)/t10-/m0/s1. The summed E-state index contributed by atoms with van der Waals surface area (Å²) in [6.45, 7) is 2.78. The summed E-state index contributed by atoms with van der Waals surface area (Å²) in [5.74, 6) is -2.15. The van der Waals surface area contributed by atoms with Gasteiger partial charge in [-0.2, -0.15) is 0 Å². The Morgan fingerprint density at radius 1 is 1.21 bits per heavy atom. The number of hydrogen-bond acceptors (Lipinski definition) is 4. The number of carbonyl (C=O) groups excluding carboxylic acids is 3. The maximum absolute atomic E-state index is 13.5. The van der Waals surface area contributed by atoms with E-state index in [1.807, 2.05) is 0 Å². The Hall–Kier alpha value is -3.16. The summed E-state index contributed by atoms with van der Waals surface area (Å²) in [6, 6.07) is 7.03. The molecule has 2 rings (SSSR count). The van der Waals surface area contributed by atoms with Crippen LogP contribution in [0.1, 0.15) is 34.7 Å². The number of carbonyl (C=O) groups is 3. The van der Waals surface area contributed by atoms with Crippen molar-refractivity contribution in [3.8, 4) is 5.75 Å². The lowest BCUT2D eigenvalue weighted by Gasteiger charge is -2.15. The Balaban J connectivity index is 1.88. The number of hydrazine groups is 1. The normalized spacial score (nSPS) is 11.5. The molecule has 1 heterocycles. The van der Waals surface area contributed by atoms with Gasteiger partial charge in [0.05, 0.1) is 0 Å². The van der Waals surface area contributed by atoms with Crippen LogP contribution >= 0.6 is 0 Å². The van der Waals surface area contributed by atoms with Crippen molar-refractivity contribution in [1.29, 1.82) is 0 Å². The van der Waals surface area contributed by atoms with Gasteiger partial charge in [0.15, 0.2) is 23.5 Å². The Labute approximate surface area is 137 Å². The van der Waals surface area contributed by atoms with Gasteiger partial charge < -0.3 is 9.72 Å². The zero-order valence-corrected chi connectivity index (χ0v) is 13.1. The first-order valence-electron chi connectivity index (χ1n) is 7.09. The minimum absolute atomic E-state index is 0.0676. The fourth-order valence-electron chi connectivity index (χ4n) is 1.80. The Morgan fingerprint density at radius 2 is 1.92 bits per heavy atom. The molecule has 0 fully saturated rings. The third-order valence-electron chi connectivity index (χ3n) is 3.14. The lowest BCUT2D eigenvalue weighted by molar-refractivity contribution is -0.128. The number of ketones is 1. The lowest BCUT2D eigenvalue weighted by Crippen LogP contribution is -2.47. The van der Waals surface area contributed by atoms with Crippen molar-refractivity contribution < 1.29 is 23.5 Å². The summed E-state index contributed by atoms with van der Waals surface area (Å²) in [7, 11) is 0. The molecule has 126 valence electrons. The molecule has 0 aliphatic carbocycles. The molecule has 1 aromatic heterocycles. The highest BCUT2D eigenvalue weighted by atomic mass is 19.1. The van der Waals surface area contributed by atoms with Crippen LogP contribution in [0.15, 0.2) is 36.5 Å². The molecule has 3 N–H and O–H groups in total. The van der Waals surface area contributed by atoms with E-state index in [0.717, 1.165) is 0 Å². The molecule has 0 saturated heterocycles. The molecule has 0 aliphatic heterocycles. The maximum Gasteiger partial charge on any atom is 0.286 e. The molecule has 24 heavy (non-hydrogen) atoms. The van der Waals surface area contributed by atoms with Crippen LogP contribution in [-0.2, 0) is 4.79 Å². The van der Waals surface area contributed by atoms with Crippen LogP contribution in [0, 0.1) is 5.82 Å². The number of H-pyrrole nitrogens is 1. The molecule has 0 spiro atoms. The minimum Gasteiger partial charge on any atom is -0.478 e. The van der Waals surface area contributed by atoms with Crippen molar-refractivity contribution >= 4 is 17.6 Å². The fraction of sp³-hybridized carbons (Fsp3) is 0.188. The van der Waals surface area contributed by atoms with Crippen molar-refractivity contribution in [3.05, 3.63) is 53.6 Å². The second-order valence-electron chi connectivity index (χ2n) is 4.99. The number of halogens is 1. The molecule has 0 unspecified atom stereocenters. The van der Waals surface area contributed by atoms with Crippen LogP contribution in [0.3, 0.4) is 0 Å². The van der Waals surface area contributed by atoms with Crippen molar-refractivity contribution in [2.45, 2.75) is 20.0 Å². The van der Waals surface area contributed by atoms with E-state index < -0.39 is 23.7 Å². The summed E-state index contributed by atoms with van der Waals surface area (Å²) in [4.78, 5) is 37.5. The first-order valence-corrected chi connectivity index (χ1v) is 7.09. The highest BCUT2D eigenvalue weighted by molar-refractivity contribution is 5.99. The number of amides is 2. The first kappa shape index (κ1) is 17.2. The van der Waals surface area contributed by atoms with Crippen molar-refractivity contribution in [3.63, 3.8) is 0 Å². The fourth-order valence-corrected chi connectivity index (χ4v) is 1.80. The Morgan fingerprint density at radius 3 is 2.54 bits per heavy atom. The number of Topliss-reactive ketones (excluding diaryl/α,β-unsaturated/α-hetero) is 1. The van der Waals surface area contributed by atoms with Crippen LogP contribution in [0.5, 0.6) is 5.75 Å². The third-order valence-corrected chi connectivity index (χ3v) is 3.14. The van der Waals surface area contributed by atoms with Crippen LogP contribution in [0.2, 0.25) is 0 Å². The molecule has 2 amide bonds. The average molecular weight is 333 g/mol. The average Bonchev–Trinajstić information content (AvgIpc) is 3.04. The Kier molecular flexibility index (Phi) is 5.31. The Bertz CT molecular complexity index is 772. The minimum atomic E-state index is -1.03. The van der Waals surface area contributed by atoms with Crippen molar-refractivity contribution in [2.24, 2.45) is 0 Å². The SMILES string of the molecule is CC(=O)c1c[nH]c(C(=O)NNC(=O)[C@H](C)Oc2ccccc2F)c1. The number of para-hydroxylation sites is 1. The molecule has 7 nitrogen and oxygen atoms in total. The second kappa shape index (κ2) is 7.40. The highest BCUT2D eigenvalue weighted by Crippen LogP contribution is 2.16. The van der Waals surface area contributed by atoms with E-state index >= 15 is 0 Å². The molecule has 1 aromatic carbocycles. The van der Waals surface area contributed by atoms with Crippen LogP contribution in [0.25, 0.3) is 0 Å². The van der Waals surface area contributed by atoms with E-state index in [9.17, 15) is 18.8 Å². The van der Waals surface area contributed by atoms with Crippen LogP contribution in [-0.4, -0.2) is 28.7 Å². The predicted molar refractivity (Wildman–Crippen MR) is 82.9 cm³/mol. The molecule has 0 radical (unpaired) electrons. The zero-order valence-electron chi connectivity index (χ0n) is 13.1. The van der Waals surface area contributed by atoms with E-state index in [2.05, 4.69) is 15.8 Å². The van der Waals surface area contributed by atoms with Gasteiger partial charge in [0, 0.05) is 11.8 Å². The molecule has 1 atom stereocenters. The molecule has 0 saturated carbocycles.